The summed E-state index contributed by atoms with van der Waals surface area (Å²) >= 11 is 3.36. The van der Waals surface area contributed by atoms with E-state index < -0.39 is 0 Å². The molecule has 0 saturated heterocycles. The van der Waals surface area contributed by atoms with Crippen LogP contribution in [0.3, 0.4) is 0 Å². The molecule has 0 aliphatic heterocycles. The number of halogens is 1. The van der Waals surface area contributed by atoms with Gasteiger partial charge in [0.25, 0.3) is 5.91 Å². The molecular formula is C14H15BrN4O2. The summed E-state index contributed by atoms with van der Waals surface area (Å²) in [5.41, 5.74) is 4.75. The molecule has 0 bridgehead atoms. The lowest BCUT2D eigenvalue weighted by Crippen LogP contribution is -2.18. The van der Waals surface area contributed by atoms with Crippen molar-refractivity contribution >= 4 is 33.2 Å². The molecule has 2 rings (SSSR count). The summed E-state index contributed by atoms with van der Waals surface area (Å²) in [6.45, 7) is 1.82. The van der Waals surface area contributed by atoms with E-state index in [1.54, 1.807) is 31.4 Å². The molecule has 1 aromatic heterocycles. The highest BCUT2D eigenvalue weighted by Crippen LogP contribution is 2.25. The van der Waals surface area contributed by atoms with Gasteiger partial charge in [0.15, 0.2) is 0 Å². The van der Waals surface area contributed by atoms with Crippen molar-refractivity contribution in [2.75, 3.05) is 17.9 Å². The van der Waals surface area contributed by atoms with E-state index in [1.165, 1.54) is 6.20 Å². The summed E-state index contributed by atoms with van der Waals surface area (Å²) in [6.07, 6.45) is 1.48. The topological polar surface area (TPSA) is 89.3 Å². The van der Waals surface area contributed by atoms with Crippen molar-refractivity contribution in [2.24, 2.45) is 5.84 Å². The molecule has 1 aromatic carbocycles. The Labute approximate surface area is 130 Å². The summed E-state index contributed by atoms with van der Waals surface area (Å²) in [4.78, 5) is 16.4. The average molecular weight is 351 g/mol. The number of carbonyl (C=O) groups is 1. The number of carbonyl (C=O) groups excluding carboxylic acids is 1. The second-order valence-corrected chi connectivity index (χ2v) is 5.27. The number of benzene rings is 1. The summed E-state index contributed by atoms with van der Waals surface area (Å²) in [5.74, 6) is 5.76. The Hall–Kier alpha value is -2.12. The molecule has 21 heavy (non-hydrogen) atoms. The number of aryl methyl sites for hydroxylation is 1. The molecule has 1 amide bonds. The van der Waals surface area contributed by atoms with Crippen molar-refractivity contribution in [3.8, 4) is 5.75 Å². The standard InChI is InChI=1S/C14H15BrN4O2/c1-8-3-13(19-16)12(7-17-8)14(20)18-10-4-9(15)5-11(6-10)21-2/h3-7H,16H2,1-2H3,(H,17,19)(H,18,20). The van der Waals surface area contributed by atoms with Gasteiger partial charge in [-0.25, -0.2) is 0 Å². The van der Waals surface area contributed by atoms with Crippen molar-refractivity contribution in [2.45, 2.75) is 6.92 Å². The predicted octanol–water partition coefficient (Wildman–Crippen LogP) is 2.70. The molecule has 4 N–H and O–H groups in total. The van der Waals surface area contributed by atoms with Crippen LogP contribution in [0.2, 0.25) is 0 Å². The maximum absolute atomic E-state index is 12.3. The van der Waals surface area contributed by atoms with Crippen LogP contribution in [0.15, 0.2) is 34.9 Å². The van der Waals surface area contributed by atoms with Crippen LogP contribution in [0.1, 0.15) is 16.1 Å². The molecule has 0 aliphatic carbocycles. The van der Waals surface area contributed by atoms with Crippen molar-refractivity contribution in [1.82, 2.24) is 4.98 Å². The zero-order valence-electron chi connectivity index (χ0n) is 11.6. The van der Waals surface area contributed by atoms with Gasteiger partial charge in [-0.1, -0.05) is 15.9 Å². The predicted molar refractivity (Wildman–Crippen MR) is 85.4 cm³/mol. The van der Waals surface area contributed by atoms with E-state index in [1.807, 2.05) is 6.92 Å². The fourth-order valence-corrected chi connectivity index (χ4v) is 2.28. The number of hydrazine groups is 1. The number of methoxy groups -OCH3 is 1. The fraction of sp³-hybridized carbons (Fsp3) is 0.143. The number of nitrogens with zero attached hydrogens (tertiary/aromatic N) is 1. The summed E-state index contributed by atoms with van der Waals surface area (Å²) in [7, 11) is 1.56. The normalized spacial score (nSPS) is 10.1. The summed E-state index contributed by atoms with van der Waals surface area (Å²) < 4.78 is 5.96. The van der Waals surface area contributed by atoms with Crippen LogP contribution < -0.4 is 21.3 Å². The number of pyridine rings is 1. The first-order valence-corrected chi connectivity index (χ1v) is 6.92. The van der Waals surface area contributed by atoms with Gasteiger partial charge in [-0.15, -0.1) is 0 Å². The minimum Gasteiger partial charge on any atom is -0.497 e. The van der Waals surface area contributed by atoms with Crippen LogP contribution in [0, 0.1) is 6.92 Å². The minimum absolute atomic E-state index is 0.310. The third-order valence-corrected chi connectivity index (χ3v) is 3.26. The van der Waals surface area contributed by atoms with Gasteiger partial charge in [0.1, 0.15) is 5.75 Å². The molecular weight excluding hydrogens is 336 g/mol. The van der Waals surface area contributed by atoms with Gasteiger partial charge in [-0.05, 0) is 25.1 Å². The molecule has 0 unspecified atom stereocenters. The SMILES string of the molecule is COc1cc(Br)cc(NC(=O)c2cnc(C)cc2NN)c1. The summed E-state index contributed by atoms with van der Waals surface area (Å²) in [5, 5.41) is 2.78. The Kier molecular flexibility index (Phi) is 4.77. The maximum Gasteiger partial charge on any atom is 0.259 e. The Morgan fingerprint density at radius 2 is 2.10 bits per heavy atom. The Balaban J connectivity index is 2.28. The maximum atomic E-state index is 12.3. The van der Waals surface area contributed by atoms with Crippen molar-refractivity contribution < 1.29 is 9.53 Å². The van der Waals surface area contributed by atoms with E-state index in [4.69, 9.17) is 10.6 Å². The number of anilines is 2. The van der Waals surface area contributed by atoms with Gasteiger partial charge < -0.3 is 15.5 Å². The molecule has 110 valence electrons. The van der Waals surface area contributed by atoms with Crippen molar-refractivity contribution in [3.63, 3.8) is 0 Å². The lowest BCUT2D eigenvalue weighted by molar-refractivity contribution is 0.102. The van der Waals surface area contributed by atoms with E-state index >= 15 is 0 Å². The lowest BCUT2D eigenvalue weighted by Gasteiger charge is -2.11. The van der Waals surface area contributed by atoms with Crippen LogP contribution in [0.5, 0.6) is 5.75 Å². The molecule has 0 saturated carbocycles. The smallest absolute Gasteiger partial charge is 0.259 e. The van der Waals surface area contributed by atoms with Crippen LogP contribution in [-0.2, 0) is 0 Å². The molecule has 2 aromatic rings. The van der Waals surface area contributed by atoms with Gasteiger partial charge in [-0.3, -0.25) is 15.6 Å². The number of aromatic nitrogens is 1. The first-order chi connectivity index (χ1) is 10.0. The molecule has 0 fully saturated rings. The van der Waals surface area contributed by atoms with Crippen LogP contribution in [-0.4, -0.2) is 18.0 Å². The van der Waals surface area contributed by atoms with Crippen LogP contribution >= 0.6 is 15.9 Å². The van der Waals surface area contributed by atoms with Crippen LogP contribution in [0.25, 0.3) is 0 Å². The number of hydrogen-bond donors (Lipinski definition) is 3. The van der Waals surface area contributed by atoms with E-state index in [0.29, 0.717) is 22.7 Å². The molecule has 0 spiro atoms. The number of rotatable bonds is 4. The number of nitrogens with two attached hydrogens (primary N) is 1. The largest absolute Gasteiger partial charge is 0.497 e. The number of nitrogens with one attached hydrogen (secondary N) is 2. The molecule has 0 aliphatic rings. The van der Waals surface area contributed by atoms with Crippen LogP contribution in [0.4, 0.5) is 11.4 Å². The molecule has 7 heteroatoms. The third kappa shape index (κ3) is 3.71. The minimum atomic E-state index is -0.310. The highest BCUT2D eigenvalue weighted by molar-refractivity contribution is 9.10. The monoisotopic (exact) mass is 350 g/mol. The Morgan fingerprint density at radius 1 is 1.33 bits per heavy atom. The van der Waals surface area contributed by atoms with Crippen molar-refractivity contribution in [3.05, 3.63) is 46.2 Å². The first kappa shape index (κ1) is 15.3. The van der Waals surface area contributed by atoms with Crippen molar-refractivity contribution in [1.29, 1.82) is 0 Å². The first-order valence-electron chi connectivity index (χ1n) is 6.12. The number of amides is 1. The van der Waals surface area contributed by atoms with E-state index in [2.05, 4.69) is 31.7 Å². The van der Waals surface area contributed by atoms with Gasteiger partial charge in [0, 0.05) is 28.1 Å². The summed E-state index contributed by atoms with van der Waals surface area (Å²) in [6, 6.07) is 7.00. The second-order valence-electron chi connectivity index (χ2n) is 4.35. The zero-order chi connectivity index (χ0) is 15.4. The number of hydrogen-bond acceptors (Lipinski definition) is 5. The number of ether oxygens (including phenoxy) is 1. The van der Waals surface area contributed by atoms with Gasteiger partial charge in [0.05, 0.1) is 18.4 Å². The Bertz CT molecular complexity index is 676. The highest BCUT2D eigenvalue weighted by atomic mass is 79.9. The van der Waals surface area contributed by atoms with E-state index in [0.717, 1.165) is 10.2 Å². The van der Waals surface area contributed by atoms with Gasteiger partial charge >= 0.3 is 0 Å². The van der Waals surface area contributed by atoms with Gasteiger partial charge in [0.2, 0.25) is 0 Å². The fourth-order valence-electron chi connectivity index (χ4n) is 1.81. The highest BCUT2D eigenvalue weighted by Gasteiger charge is 2.13. The zero-order valence-corrected chi connectivity index (χ0v) is 13.2. The quantitative estimate of drug-likeness (QED) is 0.582. The average Bonchev–Trinajstić information content (AvgIpc) is 2.46. The molecule has 6 nitrogen and oxygen atoms in total. The van der Waals surface area contributed by atoms with E-state index in [9.17, 15) is 4.79 Å². The Morgan fingerprint density at radius 3 is 2.76 bits per heavy atom. The lowest BCUT2D eigenvalue weighted by atomic mass is 10.2. The van der Waals surface area contributed by atoms with Gasteiger partial charge in [-0.2, -0.15) is 0 Å². The second kappa shape index (κ2) is 6.55. The third-order valence-electron chi connectivity index (χ3n) is 2.81. The number of nitrogen functional groups attached to an aromatic ring is 1. The molecule has 0 atom stereocenters. The molecule has 1 heterocycles. The molecule has 0 radical (unpaired) electrons. The van der Waals surface area contributed by atoms with E-state index in [-0.39, 0.29) is 5.91 Å².